The molecule has 1 nitrogen and oxygen atoms in total. The number of allylic oxidation sites excluding steroid dienone is 1. The molecule has 5 unspecified atom stereocenters. The number of aryl methyl sites for hydroxylation is 1. The van der Waals surface area contributed by atoms with Crippen molar-refractivity contribution >= 4 is 0 Å². The smallest absolute Gasteiger partial charge is 0.126 e. The summed E-state index contributed by atoms with van der Waals surface area (Å²) in [6, 6.07) is 4.24. The molecule has 5 atom stereocenters. The Morgan fingerprint density at radius 1 is 1.07 bits per heavy atom. The van der Waals surface area contributed by atoms with E-state index in [4.69, 9.17) is 4.74 Å². The van der Waals surface area contributed by atoms with Crippen LogP contribution in [0, 0.1) is 23.6 Å². The van der Waals surface area contributed by atoms with Crippen molar-refractivity contribution < 1.29 is 9.13 Å². The van der Waals surface area contributed by atoms with Crippen LogP contribution < -0.4 is 0 Å². The van der Waals surface area contributed by atoms with Crippen LogP contribution in [0.3, 0.4) is 0 Å². The topological polar surface area (TPSA) is 9.23 Å². The molecular weight excluding hydrogens is 335 g/mol. The van der Waals surface area contributed by atoms with Gasteiger partial charge in [-0.1, -0.05) is 25.1 Å². The number of hydrogen-bond donors (Lipinski definition) is 0. The number of hydrogen-bond acceptors (Lipinski definition) is 1. The molecule has 4 rings (SSSR count). The van der Waals surface area contributed by atoms with Crippen molar-refractivity contribution in [1.82, 2.24) is 0 Å². The van der Waals surface area contributed by atoms with E-state index < -0.39 is 0 Å². The standard InChI is InChI=1S/C25H35FO/c1-3-4-11-27-23-10-9-18-13-19(7-8-20(18)15-23)22-14-21-6-5-17(2)12-24(21)25(26)16-22/h3-4,14,16-20,23H,5-13,15H2,1-2H3/b4-3+. The molecule has 0 bridgehead atoms. The number of benzene rings is 1. The second kappa shape index (κ2) is 8.47. The fourth-order valence-electron chi connectivity index (χ4n) is 5.84. The van der Waals surface area contributed by atoms with Gasteiger partial charge in [0.15, 0.2) is 0 Å². The van der Waals surface area contributed by atoms with Gasteiger partial charge in [-0.05, 0) is 111 Å². The lowest BCUT2D eigenvalue weighted by atomic mass is 9.65. The van der Waals surface area contributed by atoms with Crippen LogP contribution in [0.4, 0.5) is 4.39 Å². The van der Waals surface area contributed by atoms with Gasteiger partial charge in [-0.15, -0.1) is 0 Å². The molecule has 0 aromatic heterocycles. The largest absolute Gasteiger partial charge is 0.374 e. The van der Waals surface area contributed by atoms with Crippen molar-refractivity contribution in [1.29, 1.82) is 0 Å². The Hall–Kier alpha value is -1.15. The summed E-state index contributed by atoms with van der Waals surface area (Å²) in [7, 11) is 0. The molecule has 0 heterocycles. The average Bonchev–Trinajstić information content (AvgIpc) is 2.68. The van der Waals surface area contributed by atoms with E-state index >= 15 is 0 Å². The van der Waals surface area contributed by atoms with Crippen molar-refractivity contribution in [2.45, 2.75) is 83.7 Å². The molecule has 0 saturated heterocycles. The average molecular weight is 371 g/mol. The van der Waals surface area contributed by atoms with Gasteiger partial charge in [0, 0.05) is 0 Å². The van der Waals surface area contributed by atoms with E-state index in [1.54, 1.807) is 0 Å². The molecule has 2 fully saturated rings. The van der Waals surface area contributed by atoms with Crippen LogP contribution in [0.25, 0.3) is 0 Å². The molecule has 0 amide bonds. The minimum absolute atomic E-state index is 0.0669. The van der Waals surface area contributed by atoms with Crippen molar-refractivity contribution in [3.63, 3.8) is 0 Å². The van der Waals surface area contributed by atoms with Gasteiger partial charge in [0.1, 0.15) is 5.82 Å². The maximum absolute atomic E-state index is 14.8. The fourth-order valence-corrected chi connectivity index (χ4v) is 5.84. The third-order valence-electron chi connectivity index (χ3n) is 7.47. The van der Waals surface area contributed by atoms with E-state index in [1.165, 1.54) is 56.1 Å². The summed E-state index contributed by atoms with van der Waals surface area (Å²) in [6.07, 6.45) is 15.3. The zero-order valence-corrected chi connectivity index (χ0v) is 17.1. The summed E-state index contributed by atoms with van der Waals surface area (Å²) in [5.41, 5.74) is 3.59. The lowest BCUT2D eigenvalue weighted by Crippen LogP contribution is -2.34. The Labute approximate surface area is 164 Å². The van der Waals surface area contributed by atoms with Gasteiger partial charge in [0.2, 0.25) is 0 Å². The second-order valence-corrected chi connectivity index (χ2v) is 9.36. The number of fused-ring (bicyclic) bond motifs is 2. The van der Waals surface area contributed by atoms with Gasteiger partial charge in [0.05, 0.1) is 12.7 Å². The van der Waals surface area contributed by atoms with Crippen molar-refractivity contribution in [3.05, 3.63) is 46.8 Å². The van der Waals surface area contributed by atoms with Gasteiger partial charge in [-0.2, -0.15) is 0 Å². The molecule has 1 aromatic rings. The minimum Gasteiger partial charge on any atom is -0.374 e. The molecular formula is C25H35FO. The Bertz CT molecular complexity index is 679. The van der Waals surface area contributed by atoms with Crippen LogP contribution in [0.15, 0.2) is 24.3 Å². The number of halogens is 1. The highest BCUT2D eigenvalue weighted by Gasteiger charge is 2.36. The van der Waals surface area contributed by atoms with Crippen LogP contribution in [-0.4, -0.2) is 12.7 Å². The normalized spacial score (nSPS) is 33.7. The summed E-state index contributed by atoms with van der Waals surface area (Å²) in [5, 5.41) is 0. The van der Waals surface area contributed by atoms with Gasteiger partial charge < -0.3 is 4.74 Å². The van der Waals surface area contributed by atoms with E-state index in [9.17, 15) is 4.39 Å². The van der Waals surface area contributed by atoms with Crippen LogP contribution in [0.1, 0.15) is 81.4 Å². The Balaban J connectivity index is 1.40. The molecule has 2 saturated carbocycles. The summed E-state index contributed by atoms with van der Waals surface area (Å²) in [4.78, 5) is 0. The van der Waals surface area contributed by atoms with E-state index in [-0.39, 0.29) is 5.82 Å². The third kappa shape index (κ3) is 4.31. The highest BCUT2D eigenvalue weighted by Crippen LogP contribution is 2.47. The van der Waals surface area contributed by atoms with Crippen LogP contribution in [0.5, 0.6) is 0 Å². The van der Waals surface area contributed by atoms with Crippen LogP contribution in [-0.2, 0) is 17.6 Å². The maximum Gasteiger partial charge on any atom is 0.126 e. The molecule has 148 valence electrons. The summed E-state index contributed by atoms with van der Waals surface area (Å²) in [6.45, 7) is 5.05. The van der Waals surface area contributed by atoms with Crippen LogP contribution >= 0.6 is 0 Å². The SMILES string of the molecule is C/C=C/COC1CCC2CC(c3cc(F)c4c(c3)CCC(C)C4)CCC2C1. The first-order valence-electron chi connectivity index (χ1n) is 11.2. The van der Waals surface area contributed by atoms with Crippen molar-refractivity contribution in [3.8, 4) is 0 Å². The second-order valence-electron chi connectivity index (χ2n) is 9.36. The maximum atomic E-state index is 14.8. The Morgan fingerprint density at radius 3 is 2.74 bits per heavy atom. The van der Waals surface area contributed by atoms with Crippen molar-refractivity contribution in [2.75, 3.05) is 6.61 Å². The van der Waals surface area contributed by atoms with E-state index in [0.29, 0.717) is 17.9 Å². The Kier molecular flexibility index (Phi) is 6.02. The van der Waals surface area contributed by atoms with Gasteiger partial charge in [-0.3, -0.25) is 0 Å². The van der Waals surface area contributed by atoms with E-state index in [0.717, 1.165) is 36.8 Å². The lowest BCUT2D eigenvalue weighted by Gasteiger charge is -2.42. The first-order chi connectivity index (χ1) is 13.1. The lowest BCUT2D eigenvalue weighted by molar-refractivity contribution is -0.00320. The van der Waals surface area contributed by atoms with Gasteiger partial charge in [-0.25, -0.2) is 4.39 Å². The first-order valence-corrected chi connectivity index (χ1v) is 11.2. The molecule has 3 aliphatic rings. The highest BCUT2D eigenvalue weighted by molar-refractivity contribution is 5.37. The van der Waals surface area contributed by atoms with Gasteiger partial charge in [0.25, 0.3) is 0 Å². The van der Waals surface area contributed by atoms with Crippen LogP contribution in [0.2, 0.25) is 0 Å². The minimum atomic E-state index is 0.0669. The molecule has 0 aliphatic heterocycles. The zero-order chi connectivity index (χ0) is 18.8. The zero-order valence-electron chi connectivity index (χ0n) is 17.1. The quantitative estimate of drug-likeness (QED) is 0.543. The molecule has 0 radical (unpaired) electrons. The molecule has 1 aromatic carbocycles. The molecule has 3 aliphatic carbocycles. The third-order valence-corrected chi connectivity index (χ3v) is 7.47. The summed E-state index contributed by atoms with van der Waals surface area (Å²) < 4.78 is 20.8. The highest BCUT2D eigenvalue weighted by atomic mass is 19.1. The Morgan fingerprint density at radius 2 is 1.89 bits per heavy atom. The molecule has 0 spiro atoms. The summed E-state index contributed by atoms with van der Waals surface area (Å²) in [5.74, 6) is 2.88. The summed E-state index contributed by atoms with van der Waals surface area (Å²) >= 11 is 0. The molecule has 2 heteroatoms. The predicted molar refractivity (Wildman–Crippen MR) is 110 cm³/mol. The fraction of sp³-hybridized carbons (Fsp3) is 0.680. The molecule has 0 N–H and O–H groups in total. The molecule has 27 heavy (non-hydrogen) atoms. The van der Waals surface area contributed by atoms with Crippen molar-refractivity contribution in [2.24, 2.45) is 17.8 Å². The van der Waals surface area contributed by atoms with Gasteiger partial charge >= 0.3 is 0 Å². The van der Waals surface area contributed by atoms with E-state index in [2.05, 4.69) is 25.1 Å². The number of rotatable bonds is 4. The first kappa shape index (κ1) is 19.2. The predicted octanol–water partition coefficient (Wildman–Crippen LogP) is 6.60. The monoisotopic (exact) mass is 370 g/mol. The van der Waals surface area contributed by atoms with E-state index in [1.807, 2.05) is 13.0 Å². The number of ether oxygens (including phenoxy) is 1.